The third-order valence-electron chi connectivity index (χ3n) is 4.64. The summed E-state index contributed by atoms with van der Waals surface area (Å²) in [5.74, 6) is 0.612. The highest BCUT2D eigenvalue weighted by atomic mass is 32.2. The number of sulfone groups is 1. The van der Waals surface area contributed by atoms with E-state index in [2.05, 4.69) is 20.4 Å². The molecule has 1 saturated carbocycles. The molecular formula is C17H23N5O3S. The molecule has 140 valence electrons. The highest BCUT2D eigenvalue weighted by molar-refractivity contribution is 7.90. The van der Waals surface area contributed by atoms with Gasteiger partial charge >= 0.3 is 0 Å². The molecule has 1 fully saturated rings. The van der Waals surface area contributed by atoms with Crippen LogP contribution in [0.4, 0.5) is 5.82 Å². The molecule has 8 nitrogen and oxygen atoms in total. The highest BCUT2D eigenvalue weighted by Gasteiger charge is 2.29. The SMILES string of the molecule is Cc1ccc(NC(=O)[C@H](CC2CCCC2)n2cnc(S(C)(=O)=O)n2)nc1. The van der Waals surface area contributed by atoms with Gasteiger partial charge in [-0.25, -0.2) is 23.1 Å². The Kier molecular flexibility index (Phi) is 5.36. The smallest absolute Gasteiger partial charge is 0.266 e. The van der Waals surface area contributed by atoms with E-state index >= 15 is 0 Å². The Balaban J connectivity index is 1.83. The van der Waals surface area contributed by atoms with Crippen LogP contribution in [-0.2, 0) is 14.6 Å². The van der Waals surface area contributed by atoms with Crippen LogP contribution in [-0.4, -0.2) is 40.3 Å². The van der Waals surface area contributed by atoms with Crippen LogP contribution in [0.1, 0.15) is 43.7 Å². The third-order valence-corrected chi connectivity index (χ3v) is 5.49. The first-order valence-corrected chi connectivity index (χ1v) is 10.6. The summed E-state index contributed by atoms with van der Waals surface area (Å²) in [7, 11) is -3.52. The van der Waals surface area contributed by atoms with Gasteiger partial charge in [0.1, 0.15) is 18.2 Å². The number of amides is 1. The molecular weight excluding hydrogens is 354 g/mol. The molecule has 0 radical (unpaired) electrons. The minimum Gasteiger partial charge on any atom is -0.309 e. The molecule has 2 aromatic rings. The Morgan fingerprint density at radius 3 is 2.62 bits per heavy atom. The number of hydrogen-bond acceptors (Lipinski definition) is 6. The zero-order chi connectivity index (χ0) is 18.7. The normalized spacial score (nSPS) is 16.5. The summed E-state index contributed by atoms with van der Waals surface area (Å²) in [5, 5.41) is 6.57. The molecule has 0 aliphatic heterocycles. The van der Waals surface area contributed by atoms with Gasteiger partial charge in [0.25, 0.3) is 5.16 Å². The number of anilines is 1. The lowest BCUT2D eigenvalue weighted by atomic mass is 9.98. The summed E-state index contributed by atoms with van der Waals surface area (Å²) in [4.78, 5) is 20.9. The molecule has 1 amide bonds. The van der Waals surface area contributed by atoms with Crippen LogP contribution in [0.3, 0.4) is 0 Å². The van der Waals surface area contributed by atoms with Crippen molar-refractivity contribution in [3.8, 4) is 0 Å². The fourth-order valence-electron chi connectivity index (χ4n) is 3.23. The van der Waals surface area contributed by atoms with E-state index in [1.807, 2.05) is 13.0 Å². The Morgan fingerprint density at radius 2 is 2.04 bits per heavy atom. The Morgan fingerprint density at radius 1 is 1.31 bits per heavy atom. The van der Waals surface area contributed by atoms with Crippen molar-refractivity contribution in [1.29, 1.82) is 0 Å². The van der Waals surface area contributed by atoms with Gasteiger partial charge in [0, 0.05) is 12.5 Å². The number of carbonyl (C=O) groups excluding carboxylic acids is 1. The van der Waals surface area contributed by atoms with Crippen molar-refractivity contribution in [2.75, 3.05) is 11.6 Å². The van der Waals surface area contributed by atoms with Crippen LogP contribution in [0.25, 0.3) is 0 Å². The fourth-order valence-corrected chi connectivity index (χ4v) is 3.71. The lowest BCUT2D eigenvalue weighted by molar-refractivity contribution is -0.120. The van der Waals surface area contributed by atoms with E-state index in [0.717, 1.165) is 37.5 Å². The lowest BCUT2D eigenvalue weighted by Crippen LogP contribution is -2.28. The van der Waals surface area contributed by atoms with Gasteiger partial charge in [0.15, 0.2) is 0 Å². The number of hydrogen-bond donors (Lipinski definition) is 1. The van der Waals surface area contributed by atoms with Gasteiger partial charge in [-0.3, -0.25) is 4.79 Å². The largest absolute Gasteiger partial charge is 0.309 e. The van der Waals surface area contributed by atoms with Crippen molar-refractivity contribution >= 4 is 21.6 Å². The van der Waals surface area contributed by atoms with Crippen LogP contribution in [0.2, 0.25) is 0 Å². The van der Waals surface area contributed by atoms with Crippen molar-refractivity contribution in [2.45, 2.75) is 50.2 Å². The van der Waals surface area contributed by atoms with Gasteiger partial charge in [-0.2, -0.15) is 0 Å². The summed E-state index contributed by atoms with van der Waals surface area (Å²) in [6.45, 7) is 1.92. The van der Waals surface area contributed by atoms with E-state index in [1.54, 1.807) is 12.3 Å². The summed E-state index contributed by atoms with van der Waals surface area (Å²) in [6, 6.07) is 2.98. The topological polar surface area (TPSA) is 107 Å². The zero-order valence-electron chi connectivity index (χ0n) is 14.9. The summed E-state index contributed by atoms with van der Waals surface area (Å²) >= 11 is 0. The molecule has 9 heteroatoms. The van der Waals surface area contributed by atoms with E-state index in [4.69, 9.17) is 0 Å². The Bertz CT molecular complexity index is 870. The standard InChI is InChI=1S/C17H23N5O3S/c1-12-7-8-15(18-10-12)20-16(23)14(9-13-5-3-4-6-13)22-11-19-17(21-22)26(2,24)25/h7-8,10-11,13-14H,3-6,9H2,1-2H3,(H,18,20,23)/t14-/m0/s1. The van der Waals surface area contributed by atoms with Crippen LogP contribution in [0.5, 0.6) is 0 Å². The molecule has 0 spiro atoms. The molecule has 0 saturated heterocycles. The predicted octanol–water partition coefficient (Wildman–Crippen LogP) is 2.15. The highest BCUT2D eigenvalue weighted by Crippen LogP contribution is 2.32. The molecule has 3 rings (SSSR count). The Hall–Kier alpha value is -2.29. The zero-order valence-corrected chi connectivity index (χ0v) is 15.7. The monoisotopic (exact) mass is 377 g/mol. The first-order valence-electron chi connectivity index (χ1n) is 8.67. The van der Waals surface area contributed by atoms with Crippen LogP contribution >= 0.6 is 0 Å². The molecule has 2 aromatic heterocycles. The number of nitrogens with one attached hydrogen (secondary N) is 1. The molecule has 1 aliphatic rings. The van der Waals surface area contributed by atoms with E-state index in [0.29, 0.717) is 18.2 Å². The van der Waals surface area contributed by atoms with Crippen LogP contribution in [0.15, 0.2) is 29.8 Å². The number of nitrogens with zero attached hydrogens (tertiary/aromatic N) is 4. The second-order valence-corrected chi connectivity index (χ2v) is 8.80. The summed E-state index contributed by atoms with van der Waals surface area (Å²) < 4.78 is 24.7. The number of aromatic nitrogens is 4. The van der Waals surface area contributed by atoms with Gasteiger partial charge in [-0.15, -0.1) is 5.10 Å². The summed E-state index contributed by atoms with van der Waals surface area (Å²) in [5.41, 5.74) is 1.000. The van der Waals surface area contributed by atoms with Crippen molar-refractivity contribution in [3.63, 3.8) is 0 Å². The van der Waals surface area contributed by atoms with E-state index in [1.165, 1.54) is 11.0 Å². The maximum atomic E-state index is 12.9. The number of rotatable bonds is 6. The molecule has 1 atom stereocenters. The molecule has 26 heavy (non-hydrogen) atoms. The molecule has 0 aromatic carbocycles. The van der Waals surface area contributed by atoms with Crippen molar-refractivity contribution in [3.05, 3.63) is 30.2 Å². The fraction of sp³-hybridized carbons (Fsp3) is 0.529. The maximum absolute atomic E-state index is 12.9. The average molecular weight is 377 g/mol. The maximum Gasteiger partial charge on any atom is 0.266 e. The van der Waals surface area contributed by atoms with Gasteiger partial charge in [-0.05, 0) is 30.9 Å². The molecule has 0 unspecified atom stereocenters. The van der Waals surface area contributed by atoms with Crippen molar-refractivity contribution < 1.29 is 13.2 Å². The van der Waals surface area contributed by atoms with Crippen molar-refractivity contribution in [1.82, 2.24) is 19.7 Å². The first-order chi connectivity index (χ1) is 12.3. The third kappa shape index (κ3) is 4.46. The van der Waals surface area contributed by atoms with Crippen LogP contribution < -0.4 is 5.32 Å². The summed E-state index contributed by atoms with van der Waals surface area (Å²) in [6.07, 6.45) is 9.10. The van der Waals surface area contributed by atoms with Gasteiger partial charge in [0.2, 0.25) is 15.7 Å². The average Bonchev–Trinajstić information content (AvgIpc) is 3.25. The predicted molar refractivity (Wildman–Crippen MR) is 96.3 cm³/mol. The minimum atomic E-state index is -3.52. The lowest BCUT2D eigenvalue weighted by Gasteiger charge is -2.20. The second kappa shape index (κ2) is 7.53. The van der Waals surface area contributed by atoms with Gasteiger partial charge in [-0.1, -0.05) is 31.7 Å². The Labute approximate surface area is 153 Å². The van der Waals surface area contributed by atoms with Crippen molar-refractivity contribution in [2.24, 2.45) is 5.92 Å². The first kappa shape index (κ1) is 18.5. The van der Waals surface area contributed by atoms with E-state index in [9.17, 15) is 13.2 Å². The molecule has 1 N–H and O–H groups in total. The number of pyridine rings is 1. The van der Waals surface area contributed by atoms with Crippen LogP contribution in [0, 0.1) is 12.8 Å². The molecule has 2 heterocycles. The van der Waals surface area contributed by atoms with Gasteiger partial charge in [0.05, 0.1) is 0 Å². The molecule has 1 aliphatic carbocycles. The second-order valence-electron chi connectivity index (χ2n) is 6.89. The molecule has 0 bridgehead atoms. The van der Waals surface area contributed by atoms with Gasteiger partial charge < -0.3 is 5.32 Å². The number of carbonyl (C=O) groups is 1. The number of aryl methyl sites for hydroxylation is 1. The van der Waals surface area contributed by atoms with E-state index in [-0.39, 0.29) is 11.1 Å². The minimum absolute atomic E-state index is 0.266. The quantitative estimate of drug-likeness (QED) is 0.826. The van der Waals surface area contributed by atoms with E-state index < -0.39 is 15.9 Å².